The van der Waals surface area contributed by atoms with Gasteiger partial charge in [-0.3, -0.25) is 9.69 Å². The van der Waals surface area contributed by atoms with Crippen LogP contribution in [0.2, 0.25) is 0 Å². The lowest BCUT2D eigenvalue weighted by atomic mass is 9.98. The number of oxazole rings is 1. The summed E-state index contributed by atoms with van der Waals surface area (Å²) in [5.74, 6) is 0.0259. The lowest BCUT2D eigenvalue weighted by molar-refractivity contribution is -0.155. The molecule has 0 saturated carbocycles. The number of hydrogen-bond donors (Lipinski definition) is 1. The zero-order valence-electron chi connectivity index (χ0n) is 18.6. The Morgan fingerprint density at radius 3 is 2.81 bits per heavy atom. The van der Waals surface area contributed by atoms with E-state index in [-0.39, 0.29) is 24.7 Å². The Bertz CT molecular complexity index is 906. The molecule has 1 atom stereocenters. The van der Waals surface area contributed by atoms with Gasteiger partial charge in [-0.05, 0) is 63.8 Å². The molecule has 1 aromatic carbocycles. The van der Waals surface area contributed by atoms with E-state index in [0.29, 0.717) is 25.3 Å². The predicted octanol–water partition coefficient (Wildman–Crippen LogP) is 3.54. The van der Waals surface area contributed by atoms with Crippen LogP contribution in [0, 0.1) is 12.7 Å². The first-order chi connectivity index (χ1) is 14.6. The molecule has 8 heteroatoms. The molecular weight excluding hydrogens is 403 g/mol. The monoisotopic (exact) mass is 434 g/mol. The molecule has 0 spiro atoms. The first kappa shape index (κ1) is 23.2. The Labute approximate surface area is 182 Å². The maximum Gasteiger partial charge on any atom is 0.306 e. The summed E-state index contributed by atoms with van der Waals surface area (Å²) in [5.41, 5.74) is 2.11. The molecule has 0 fully saturated rings. The van der Waals surface area contributed by atoms with Crippen LogP contribution in [-0.4, -0.2) is 45.8 Å². The third-order valence-electron chi connectivity index (χ3n) is 5.12. The van der Waals surface area contributed by atoms with Gasteiger partial charge in [0.15, 0.2) is 23.7 Å². The van der Waals surface area contributed by atoms with Crippen molar-refractivity contribution in [3.05, 3.63) is 46.9 Å². The highest BCUT2D eigenvalue weighted by Gasteiger charge is 2.23. The minimum Gasteiger partial charge on any atom is -0.482 e. The van der Waals surface area contributed by atoms with Crippen LogP contribution in [0.25, 0.3) is 0 Å². The molecular formula is C23H31FN2O5. The number of hydrogen-bond acceptors (Lipinski definition) is 7. The Kier molecular flexibility index (Phi) is 7.33. The van der Waals surface area contributed by atoms with Gasteiger partial charge in [-0.15, -0.1) is 0 Å². The van der Waals surface area contributed by atoms with E-state index in [2.05, 4.69) is 9.88 Å². The van der Waals surface area contributed by atoms with Crippen LogP contribution in [0.15, 0.2) is 22.9 Å². The molecule has 0 aliphatic carbocycles. The lowest BCUT2D eigenvalue weighted by Crippen LogP contribution is -2.37. The average molecular weight is 435 g/mol. The molecule has 0 amide bonds. The van der Waals surface area contributed by atoms with E-state index in [1.807, 2.05) is 27.7 Å². The van der Waals surface area contributed by atoms with E-state index in [4.69, 9.17) is 13.9 Å². The Morgan fingerprint density at radius 2 is 2.13 bits per heavy atom. The third-order valence-corrected chi connectivity index (χ3v) is 5.12. The fourth-order valence-corrected chi connectivity index (χ4v) is 3.56. The molecule has 0 saturated heterocycles. The summed E-state index contributed by atoms with van der Waals surface area (Å²) in [7, 11) is 0. The van der Waals surface area contributed by atoms with Gasteiger partial charge in [0.1, 0.15) is 12.2 Å². The van der Waals surface area contributed by atoms with E-state index < -0.39 is 17.5 Å². The Morgan fingerprint density at radius 1 is 1.35 bits per heavy atom. The van der Waals surface area contributed by atoms with E-state index in [9.17, 15) is 14.3 Å². The normalized spacial score (nSPS) is 15.4. The van der Waals surface area contributed by atoms with Crippen LogP contribution in [0.4, 0.5) is 4.39 Å². The van der Waals surface area contributed by atoms with E-state index >= 15 is 0 Å². The van der Waals surface area contributed by atoms with Gasteiger partial charge < -0.3 is 19.0 Å². The number of benzene rings is 1. The second kappa shape index (κ2) is 9.78. The van der Waals surface area contributed by atoms with Gasteiger partial charge in [0.2, 0.25) is 0 Å². The number of nitrogens with zero attached hydrogens (tertiary/aromatic N) is 2. The molecule has 31 heavy (non-hydrogen) atoms. The largest absolute Gasteiger partial charge is 0.482 e. The van der Waals surface area contributed by atoms with Crippen molar-refractivity contribution in [2.45, 2.75) is 71.8 Å². The predicted molar refractivity (Wildman–Crippen MR) is 112 cm³/mol. The van der Waals surface area contributed by atoms with Crippen molar-refractivity contribution in [1.82, 2.24) is 9.88 Å². The second-order valence-corrected chi connectivity index (χ2v) is 8.97. The number of halogens is 1. The van der Waals surface area contributed by atoms with Crippen molar-refractivity contribution in [1.29, 1.82) is 0 Å². The maximum absolute atomic E-state index is 14.6. The molecule has 0 bridgehead atoms. The topological polar surface area (TPSA) is 85.0 Å². The standard InChI is InChI=1S/C23H31FN2O5/c1-15-21(30-14-25-15)13-29-20-10-16-7-8-26(11-17(16)9-19(20)24)12-18(27)5-6-22(28)31-23(2,3)4/h9-10,14,18,27H,5-8,11-13H2,1-4H3/t18-/m0/s1. The number of β-amino-alcohol motifs (C(OH)–C–C–N with tert-alkyl or cyclic N) is 1. The highest BCUT2D eigenvalue weighted by molar-refractivity contribution is 5.69. The van der Waals surface area contributed by atoms with E-state index in [1.165, 1.54) is 12.5 Å². The van der Waals surface area contributed by atoms with Gasteiger partial charge >= 0.3 is 5.97 Å². The molecule has 1 N–H and O–H groups in total. The quantitative estimate of drug-likeness (QED) is 0.636. The number of aliphatic hydroxyl groups is 1. The summed E-state index contributed by atoms with van der Waals surface area (Å²) in [6, 6.07) is 3.24. The smallest absolute Gasteiger partial charge is 0.306 e. The molecule has 2 heterocycles. The van der Waals surface area contributed by atoms with Gasteiger partial charge in [-0.2, -0.15) is 0 Å². The van der Waals surface area contributed by atoms with Crippen LogP contribution in [-0.2, 0) is 29.1 Å². The summed E-state index contributed by atoms with van der Waals surface area (Å²) in [6.45, 7) is 9.08. The number of aryl methyl sites for hydroxylation is 1. The Hall–Kier alpha value is -2.45. The highest BCUT2D eigenvalue weighted by atomic mass is 19.1. The average Bonchev–Trinajstić information content (AvgIpc) is 3.08. The van der Waals surface area contributed by atoms with E-state index in [1.54, 1.807) is 6.07 Å². The number of aromatic nitrogens is 1. The molecule has 1 aromatic heterocycles. The number of carbonyl (C=O) groups excluding carboxylic acids is 1. The van der Waals surface area contributed by atoms with Crippen molar-refractivity contribution in [3.63, 3.8) is 0 Å². The van der Waals surface area contributed by atoms with Crippen LogP contribution >= 0.6 is 0 Å². The van der Waals surface area contributed by atoms with Crippen molar-refractivity contribution in [2.24, 2.45) is 0 Å². The fourth-order valence-electron chi connectivity index (χ4n) is 3.56. The molecule has 3 rings (SSSR count). The SMILES string of the molecule is Cc1ncoc1COc1cc2c(cc1F)CN(C[C@@H](O)CCC(=O)OC(C)(C)C)CC2. The third kappa shape index (κ3) is 6.77. The zero-order valence-corrected chi connectivity index (χ0v) is 18.6. The first-order valence-corrected chi connectivity index (χ1v) is 10.6. The maximum atomic E-state index is 14.6. The first-order valence-electron chi connectivity index (χ1n) is 10.6. The number of aliphatic hydroxyl groups excluding tert-OH is 1. The molecule has 0 unspecified atom stereocenters. The number of rotatable bonds is 8. The van der Waals surface area contributed by atoms with Gasteiger partial charge in [0.05, 0.1) is 11.8 Å². The zero-order chi connectivity index (χ0) is 22.6. The van der Waals surface area contributed by atoms with Crippen LogP contribution in [0.1, 0.15) is 56.2 Å². The molecule has 7 nitrogen and oxygen atoms in total. The summed E-state index contributed by atoms with van der Waals surface area (Å²) < 4.78 is 30.7. The fraction of sp³-hybridized carbons (Fsp3) is 0.565. The van der Waals surface area contributed by atoms with E-state index in [0.717, 1.165) is 29.8 Å². The number of ether oxygens (including phenoxy) is 2. The summed E-state index contributed by atoms with van der Waals surface area (Å²) in [6.07, 6.45) is 1.93. The number of carbonyl (C=O) groups is 1. The summed E-state index contributed by atoms with van der Waals surface area (Å²) in [4.78, 5) is 17.9. The second-order valence-electron chi connectivity index (χ2n) is 8.97. The highest BCUT2D eigenvalue weighted by Crippen LogP contribution is 2.28. The molecule has 170 valence electrons. The molecule has 0 radical (unpaired) electrons. The molecule has 1 aliphatic rings. The number of esters is 1. The van der Waals surface area contributed by atoms with Gasteiger partial charge in [0, 0.05) is 26.1 Å². The molecule has 1 aliphatic heterocycles. The lowest BCUT2D eigenvalue weighted by Gasteiger charge is -2.30. The Balaban J connectivity index is 1.51. The molecule has 2 aromatic rings. The summed E-state index contributed by atoms with van der Waals surface area (Å²) in [5, 5.41) is 10.3. The van der Waals surface area contributed by atoms with Crippen molar-refractivity contribution in [2.75, 3.05) is 13.1 Å². The summed E-state index contributed by atoms with van der Waals surface area (Å²) >= 11 is 0. The van der Waals surface area contributed by atoms with Crippen LogP contribution in [0.5, 0.6) is 5.75 Å². The van der Waals surface area contributed by atoms with Gasteiger partial charge in [-0.1, -0.05) is 0 Å². The minimum atomic E-state index is -0.647. The number of fused-ring (bicyclic) bond motifs is 1. The van der Waals surface area contributed by atoms with Crippen LogP contribution < -0.4 is 4.74 Å². The van der Waals surface area contributed by atoms with Crippen LogP contribution in [0.3, 0.4) is 0 Å². The van der Waals surface area contributed by atoms with Crippen molar-refractivity contribution < 1.29 is 28.2 Å². The van der Waals surface area contributed by atoms with Crippen molar-refractivity contribution >= 4 is 5.97 Å². The van der Waals surface area contributed by atoms with Crippen molar-refractivity contribution in [3.8, 4) is 5.75 Å². The van der Waals surface area contributed by atoms with Gasteiger partial charge in [0.25, 0.3) is 0 Å². The van der Waals surface area contributed by atoms with Gasteiger partial charge in [-0.25, -0.2) is 9.37 Å². The minimum absolute atomic E-state index is 0.123.